The van der Waals surface area contributed by atoms with E-state index in [9.17, 15) is 4.79 Å². The van der Waals surface area contributed by atoms with E-state index in [0.717, 1.165) is 24.5 Å². The second-order valence-electron chi connectivity index (χ2n) is 5.82. The highest BCUT2D eigenvalue weighted by molar-refractivity contribution is 5.85. The molecule has 0 saturated carbocycles. The largest absolute Gasteiger partial charge is 0.372 e. The van der Waals surface area contributed by atoms with Crippen molar-refractivity contribution < 1.29 is 9.53 Å². The van der Waals surface area contributed by atoms with Gasteiger partial charge >= 0.3 is 0 Å². The lowest BCUT2D eigenvalue weighted by Gasteiger charge is -2.36. The summed E-state index contributed by atoms with van der Waals surface area (Å²) in [5.74, 6) is 1.02. The van der Waals surface area contributed by atoms with Gasteiger partial charge in [0, 0.05) is 38.8 Å². The lowest BCUT2D eigenvalue weighted by atomic mass is 10.2. The average Bonchev–Trinajstić information content (AvgIpc) is 2.50. The number of carbonyl (C=O) groups is 1. The van der Waals surface area contributed by atoms with Gasteiger partial charge in [0.1, 0.15) is 5.82 Å². The van der Waals surface area contributed by atoms with Crippen LogP contribution in [0.4, 0.5) is 5.82 Å². The smallest absolute Gasteiger partial charge is 0.221 e. The predicted octanol–water partition coefficient (Wildman–Crippen LogP) is 1.76. The number of amides is 1. The van der Waals surface area contributed by atoms with Gasteiger partial charge in [0.25, 0.3) is 0 Å². The van der Waals surface area contributed by atoms with Crippen LogP contribution in [0.1, 0.15) is 25.8 Å². The molecule has 1 saturated heterocycles. The van der Waals surface area contributed by atoms with Gasteiger partial charge in [0.05, 0.1) is 12.2 Å². The first kappa shape index (κ1) is 22.9. The van der Waals surface area contributed by atoms with Crippen LogP contribution in [-0.2, 0) is 16.1 Å². The molecule has 1 fully saturated rings. The van der Waals surface area contributed by atoms with Gasteiger partial charge in [-0.05, 0) is 32.5 Å². The molecule has 6 nitrogen and oxygen atoms in total. The summed E-state index contributed by atoms with van der Waals surface area (Å²) in [6.45, 7) is 7.09. The Labute approximate surface area is 156 Å². The molecule has 1 aromatic rings. The Kier molecular flexibility index (Phi) is 11.0. The first-order valence-electron chi connectivity index (χ1n) is 7.85. The molecular formula is C16H28Cl2N4O2. The van der Waals surface area contributed by atoms with Gasteiger partial charge in [-0.3, -0.25) is 4.79 Å². The third-order valence-corrected chi connectivity index (χ3v) is 3.64. The minimum atomic E-state index is 0. The molecule has 24 heavy (non-hydrogen) atoms. The zero-order valence-electron chi connectivity index (χ0n) is 14.4. The van der Waals surface area contributed by atoms with Crippen molar-refractivity contribution in [2.45, 2.75) is 39.0 Å². The van der Waals surface area contributed by atoms with Crippen molar-refractivity contribution in [1.29, 1.82) is 0 Å². The van der Waals surface area contributed by atoms with Crippen LogP contribution in [0.15, 0.2) is 18.3 Å². The molecule has 0 spiro atoms. The minimum absolute atomic E-state index is 0. The monoisotopic (exact) mass is 378 g/mol. The fourth-order valence-corrected chi connectivity index (χ4v) is 2.60. The van der Waals surface area contributed by atoms with Gasteiger partial charge in [0.15, 0.2) is 0 Å². The molecule has 2 N–H and O–H groups in total. The highest BCUT2D eigenvalue weighted by Gasteiger charge is 2.22. The van der Waals surface area contributed by atoms with Crippen molar-refractivity contribution in [3.05, 3.63) is 23.9 Å². The standard InChI is InChI=1S/C16H26N4O2.2ClH/c1-12-10-20(11-13(2)22-12)15-5-4-14(8-18-15)9-19-16(21)6-7-17-3;;/h4-5,8,12-13,17H,6-7,9-11H2,1-3H3,(H,19,21);2*1H. The van der Waals surface area contributed by atoms with E-state index in [1.807, 2.05) is 25.4 Å². The number of halogens is 2. The molecule has 8 heteroatoms. The SMILES string of the molecule is CNCCC(=O)NCc1ccc(N2CC(C)OC(C)C2)nc1.Cl.Cl. The molecule has 0 aromatic carbocycles. The maximum absolute atomic E-state index is 11.6. The summed E-state index contributed by atoms with van der Waals surface area (Å²) in [5, 5.41) is 5.85. The lowest BCUT2D eigenvalue weighted by Crippen LogP contribution is -2.45. The van der Waals surface area contributed by atoms with Crippen LogP contribution in [0.3, 0.4) is 0 Å². The molecule has 1 aliphatic heterocycles. The number of carbonyl (C=O) groups excluding carboxylic acids is 1. The molecule has 0 radical (unpaired) electrons. The van der Waals surface area contributed by atoms with E-state index in [-0.39, 0.29) is 42.9 Å². The molecule has 2 atom stereocenters. The molecule has 2 unspecified atom stereocenters. The quantitative estimate of drug-likeness (QED) is 0.789. The number of rotatable bonds is 6. The number of pyridine rings is 1. The van der Waals surface area contributed by atoms with Crippen molar-refractivity contribution in [3.8, 4) is 0 Å². The molecule has 138 valence electrons. The summed E-state index contributed by atoms with van der Waals surface area (Å²) in [5.41, 5.74) is 1.01. The molecule has 1 aliphatic rings. The number of nitrogens with zero attached hydrogens (tertiary/aromatic N) is 2. The van der Waals surface area contributed by atoms with E-state index < -0.39 is 0 Å². The first-order valence-corrected chi connectivity index (χ1v) is 7.85. The summed E-state index contributed by atoms with van der Waals surface area (Å²) < 4.78 is 5.74. The number of morpholine rings is 1. The van der Waals surface area contributed by atoms with Crippen molar-refractivity contribution in [1.82, 2.24) is 15.6 Å². The normalized spacial score (nSPS) is 19.9. The third kappa shape index (κ3) is 7.21. The van der Waals surface area contributed by atoms with Gasteiger partial charge in [-0.1, -0.05) is 6.07 Å². The van der Waals surface area contributed by atoms with Gasteiger partial charge < -0.3 is 20.3 Å². The van der Waals surface area contributed by atoms with E-state index in [2.05, 4.69) is 34.4 Å². The van der Waals surface area contributed by atoms with Crippen molar-refractivity contribution in [2.24, 2.45) is 0 Å². The topological polar surface area (TPSA) is 66.5 Å². The van der Waals surface area contributed by atoms with Gasteiger partial charge in [0.2, 0.25) is 5.91 Å². The van der Waals surface area contributed by atoms with Crippen molar-refractivity contribution in [2.75, 3.05) is 31.6 Å². The number of anilines is 1. The summed E-state index contributed by atoms with van der Waals surface area (Å²) in [7, 11) is 1.84. The van der Waals surface area contributed by atoms with E-state index in [1.54, 1.807) is 0 Å². The Morgan fingerprint density at radius 2 is 1.96 bits per heavy atom. The zero-order chi connectivity index (χ0) is 15.9. The summed E-state index contributed by atoms with van der Waals surface area (Å²) >= 11 is 0. The first-order chi connectivity index (χ1) is 10.6. The molecule has 1 amide bonds. The Hall–Kier alpha value is -1.08. The van der Waals surface area contributed by atoms with Crippen LogP contribution in [0.25, 0.3) is 0 Å². The molecule has 0 aliphatic carbocycles. The zero-order valence-corrected chi connectivity index (χ0v) is 16.1. The predicted molar refractivity (Wildman–Crippen MR) is 101 cm³/mol. The lowest BCUT2D eigenvalue weighted by molar-refractivity contribution is -0.121. The maximum atomic E-state index is 11.6. The average molecular weight is 379 g/mol. The van der Waals surface area contributed by atoms with E-state index >= 15 is 0 Å². The molecule has 0 bridgehead atoms. The number of hydrogen-bond acceptors (Lipinski definition) is 5. The Bertz CT molecular complexity index is 477. The van der Waals surface area contributed by atoms with Gasteiger partial charge in [-0.2, -0.15) is 0 Å². The van der Waals surface area contributed by atoms with Gasteiger partial charge in [-0.25, -0.2) is 4.98 Å². The van der Waals surface area contributed by atoms with Crippen LogP contribution >= 0.6 is 24.8 Å². The molecular weight excluding hydrogens is 351 g/mol. The highest BCUT2D eigenvalue weighted by atomic mass is 35.5. The van der Waals surface area contributed by atoms with Crippen LogP contribution in [0.2, 0.25) is 0 Å². The van der Waals surface area contributed by atoms with E-state index in [1.165, 1.54) is 0 Å². The number of hydrogen-bond donors (Lipinski definition) is 2. The number of aromatic nitrogens is 1. The second-order valence-corrected chi connectivity index (χ2v) is 5.82. The Morgan fingerprint density at radius 3 is 2.50 bits per heavy atom. The fraction of sp³-hybridized carbons (Fsp3) is 0.625. The number of ether oxygens (including phenoxy) is 1. The van der Waals surface area contributed by atoms with Crippen LogP contribution in [-0.4, -0.2) is 49.8 Å². The second kappa shape index (κ2) is 11.5. The summed E-state index contributed by atoms with van der Waals surface area (Å²) in [4.78, 5) is 18.3. The maximum Gasteiger partial charge on any atom is 0.221 e. The molecule has 1 aromatic heterocycles. The minimum Gasteiger partial charge on any atom is -0.372 e. The fourth-order valence-electron chi connectivity index (χ4n) is 2.60. The molecule has 2 rings (SSSR count). The third-order valence-electron chi connectivity index (χ3n) is 3.64. The Balaban J connectivity index is 0.00000264. The Morgan fingerprint density at radius 1 is 1.29 bits per heavy atom. The van der Waals surface area contributed by atoms with Crippen molar-refractivity contribution >= 4 is 36.5 Å². The summed E-state index contributed by atoms with van der Waals surface area (Å²) in [6.07, 6.45) is 2.76. The van der Waals surface area contributed by atoms with Crippen molar-refractivity contribution in [3.63, 3.8) is 0 Å². The highest BCUT2D eigenvalue weighted by Crippen LogP contribution is 2.18. The van der Waals surface area contributed by atoms with Gasteiger partial charge in [-0.15, -0.1) is 24.8 Å². The van der Waals surface area contributed by atoms with E-state index in [4.69, 9.17) is 4.74 Å². The van der Waals surface area contributed by atoms with Crippen LogP contribution < -0.4 is 15.5 Å². The van der Waals surface area contributed by atoms with Crippen LogP contribution in [0.5, 0.6) is 0 Å². The van der Waals surface area contributed by atoms with Crippen LogP contribution in [0, 0.1) is 0 Å². The van der Waals surface area contributed by atoms with E-state index in [0.29, 0.717) is 19.5 Å². The molecule has 2 heterocycles. The summed E-state index contributed by atoms with van der Waals surface area (Å²) in [6, 6.07) is 4.03. The number of nitrogens with one attached hydrogen (secondary N) is 2.